The monoisotopic (exact) mass is 419 g/mol. The maximum Gasteiger partial charge on any atom is 0.414 e. The summed E-state index contributed by atoms with van der Waals surface area (Å²) in [4.78, 5) is 25.4. The van der Waals surface area contributed by atoms with Crippen molar-refractivity contribution >= 4 is 33.2 Å². The smallest absolute Gasteiger partial charge is 0.414 e. The molecular formula is C17H23F2N3O5S. The number of rotatable bonds is 4. The molecule has 1 aromatic carbocycles. The van der Waals surface area contributed by atoms with Crippen molar-refractivity contribution in [3.63, 3.8) is 0 Å². The minimum Gasteiger partial charge on any atom is -0.442 e. The zero-order chi connectivity index (χ0) is 19.8. The predicted octanol–water partition coefficient (Wildman–Crippen LogP) is 1.30. The summed E-state index contributed by atoms with van der Waals surface area (Å²) in [7, 11) is -3.18. The second-order valence-electron chi connectivity index (χ2n) is 6.45. The van der Waals surface area contributed by atoms with Gasteiger partial charge in [-0.15, -0.1) is 0 Å². The van der Waals surface area contributed by atoms with Gasteiger partial charge in [-0.05, 0) is 0 Å². The van der Waals surface area contributed by atoms with Crippen LogP contribution in [0.1, 0.15) is 14.4 Å². The van der Waals surface area contributed by atoms with E-state index in [1.165, 1.54) is 11.8 Å². The van der Waals surface area contributed by atoms with Gasteiger partial charge in [0.2, 0.25) is 5.91 Å². The second kappa shape index (κ2) is 8.29. The number of sulfone groups is 1. The van der Waals surface area contributed by atoms with Crippen molar-refractivity contribution in [2.75, 3.05) is 47.5 Å². The highest BCUT2D eigenvalue weighted by molar-refractivity contribution is 7.91. The second-order valence-corrected chi connectivity index (χ2v) is 8.75. The highest BCUT2D eigenvalue weighted by Crippen LogP contribution is 2.31. The highest BCUT2D eigenvalue weighted by Gasteiger charge is 2.34. The van der Waals surface area contributed by atoms with Crippen LogP contribution in [-0.2, 0) is 19.4 Å². The summed E-state index contributed by atoms with van der Waals surface area (Å²) in [6, 6.07) is 2.03. The Morgan fingerprint density at radius 1 is 1.25 bits per heavy atom. The van der Waals surface area contributed by atoms with Crippen molar-refractivity contribution < 1.29 is 31.5 Å². The molecule has 0 aromatic heterocycles. The SMILES string of the molecule is C.CC(=O)NC[C@H]1CN(c2cc(F)c(N3CCS(=O)(=O)CC3)c(F)c2)C(=O)O1. The Hall–Kier alpha value is -2.43. The van der Waals surface area contributed by atoms with Crippen LogP contribution >= 0.6 is 0 Å². The lowest BCUT2D eigenvalue weighted by atomic mass is 10.2. The number of nitrogens with one attached hydrogen (secondary N) is 1. The maximum absolute atomic E-state index is 14.6. The van der Waals surface area contributed by atoms with Crippen molar-refractivity contribution in [3.05, 3.63) is 23.8 Å². The summed E-state index contributed by atoms with van der Waals surface area (Å²) < 4.78 is 57.2. The van der Waals surface area contributed by atoms with Gasteiger partial charge >= 0.3 is 6.09 Å². The van der Waals surface area contributed by atoms with E-state index in [-0.39, 0.29) is 62.4 Å². The van der Waals surface area contributed by atoms with Gasteiger partial charge in [-0.2, -0.15) is 0 Å². The van der Waals surface area contributed by atoms with E-state index in [1.807, 2.05) is 0 Å². The van der Waals surface area contributed by atoms with E-state index in [9.17, 15) is 26.8 Å². The average Bonchev–Trinajstić information content (AvgIpc) is 2.94. The van der Waals surface area contributed by atoms with E-state index >= 15 is 0 Å². The zero-order valence-electron chi connectivity index (χ0n) is 14.6. The predicted molar refractivity (Wildman–Crippen MR) is 100 cm³/mol. The van der Waals surface area contributed by atoms with E-state index in [0.717, 1.165) is 17.0 Å². The average molecular weight is 419 g/mol. The number of hydrogen-bond acceptors (Lipinski definition) is 6. The minimum absolute atomic E-state index is 0. The number of benzene rings is 1. The third-order valence-corrected chi connectivity index (χ3v) is 6.04. The molecule has 2 heterocycles. The largest absolute Gasteiger partial charge is 0.442 e. The summed E-state index contributed by atoms with van der Waals surface area (Å²) in [5, 5.41) is 2.51. The fourth-order valence-corrected chi connectivity index (χ4v) is 4.24. The molecule has 28 heavy (non-hydrogen) atoms. The molecule has 3 rings (SSSR count). The Morgan fingerprint density at radius 3 is 2.36 bits per heavy atom. The molecule has 2 aliphatic rings. The van der Waals surface area contributed by atoms with Crippen molar-refractivity contribution in [3.8, 4) is 0 Å². The van der Waals surface area contributed by atoms with Gasteiger partial charge in [-0.3, -0.25) is 9.69 Å². The van der Waals surface area contributed by atoms with E-state index in [4.69, 9.17) is 4.74 Å². The number of ether oxygens (including phenoxy) is 1. The van der Waals surface area contributed by atoms with Gasteiger partial charge in [0.1, 0.15) is 11.8 Å². The highest BCUT2D eigenvalue weighted by atomic mass is 32.2. The normalized spacial score (nSPS) is 21.1. The Balaban J connectivity index is 0.00000280. The molecule has 0 aliphatic carbocycles. The number of cyclic esters (lactones) is 1. The Bertz CT molecular complexity index is 841. The van der Waals surface area contributed by atoms with Gasteiger partial charge in [0, 0.05) is 32.1 Å². The molecule has 2 aliphatic heterocycles. The number of carbonyl (C=O) groups is 2. The molecule has 1 atom stereocenters. The van der Waals surface area contributed by atoms with E-state index in [2.05, 4.69) is 5.32 Å². The molecule has 0 radical (unpaired) electrons. The van der Waals surface area contributed by atoms with Gasteiger partial charge < -0.3 is 15.0 Å². The molecule has 2 fully saturated rings. The molecule has 8 nitrogen and oxygen atoms in total. The van der Waals surface area contributed by atoms with Crippen LogP contribution in [0.4, 0.5) is 25.0 Å². The Labute approximate surface area is 162 Å². The summed E-state index contributed by atoms with van der Waals surface area (Å²) in [5.74, 6) is -2.40. The fourth-order valence-electron chi connectivity index (χ4n) is 3.04. The van der Waals surface area contributed by atoms with Gasteiger partial charge in [0.15, 0.2) is 21.5 Å². The summed E-state index contributed by atoms with van der Waals surface area (Å²) >= 11 is 0. The molecular weight excluding hydrogens is 396 g/mol. The fraction of sp³-hybridized carbons (Fsp3) is 0.529. The van der Waals surface area contributed by atoms with Crippen LogP contribution in [0.2, 0.25) is 0 Å². The van der Waals surface area contributed by atoms with Crippen LogP contribution in [0, 0.1) is 11.6 Å². The van der Waals surface area contributed by atoms with Gasteiger partial charge in [0.25, 0.3) is 0 Å². The number of amides is 2. The molecule has 2 amide bonds. The minimum atomic E-state index is -3.18. The number of hydrogen-bond donors (Lipinski definition) is 1. The molecule has 0 unspecified atom stereocenters. The van der Waals surface area contributed by atoms with Crippen molar-refractivity contribution in [1.29, 1.82) is 0 Å². The van der Waals surface area contributed by atoms with Gasteiger partial charge in [-0.1, -0.05) is 7.43 Å². The first-order valence-corrected chi connectivity index (χ1v) is 10.2. The van der Waals surface area contributed by atoms with Crippen LogP contribution in [0.5, 0.6) is 0 Å². The van der Waals surface area contributed by atoms with Crippen LogP contribution in [-0.4, -0.2) is 64.2 Å². The number of anilines is 2. The quantitative estimate of drug-likeness (QED) is 0.790. The Morgan fingerprint density at radius 2 is 1.82 bits per heavy atom. The molecule has 2 saturated heterocycles. The number of carbonyl (C=O) groups excluding carboxylic acids is 2. The molecule has 0 spiro atoms. The third kappa shape index (κ3) is 4.70. The summed E-state index contributed by atoms with van der Waals surface area (Å²) in [6.45, 7) is 1.46. The van der Waals surface area contributed by atoms with Crippen molar-refractivity contribution in [2.24, 2.45) is 0 Å². The third-order valence-electron chi connectivity index (χ3n) is 4.43. The van der Waals surface area contributed by atoms with E-state index in [1.54, 1.807) is 0 Å². The first-order valence-electron chi connectivity index (χ1n) is 8.33. The number of halogens is 2. The topological polar surface area (TPSA) is 96.0 Å². The van der Waals surface area contributed by atoms with E-state index in [0.29, 0.717) is 0 Å². The van der Waals surface area contributed by atoms with Crippen LogP contribution < -0.4 is 15.1 Å². The molecule has 0 bridgehead atoms. The molecule has 0 saturated carbocycles. The lowest BCUT2D eigenvalue weighted by molar-refractivity contribution is -0.119. The molecule has 1 N–H and O–H groups in total. The van der Waals surface area contributed by atoms with Gasteiger partial charge in [0.05, 0.1) is 30.3 Å². The number of nitrogens with zero attached hydrogens (tertiary/aromatic N) is 2. The zero-order valence-corrected chi connectivity index (χ0v) is 15.4. The standard InChI is InChI=1S/C16H19F2N3O5S.CH4/c1-10(22)19-8-12-9-21(16(23)26-12)11-6-13(17)15(14(18)7-11)20-2-4-27(24,25)5-3-20;/h6-7,12H,2-5,8-9H2,1H3,(H,19,22);1H4/t12-;/m0./s1. The molecule has 1 aromatic rings. The first-order chi connectivity index (χ1) is 12.7. The molecule has 156 valence electrons. The Kier molecular flexibility index (Phi) is 6.48. The van der Waals surface area contributed by atoms with Crippen molar-refractivity contribution in [2.45, 2.75) is 20.5 Å². The molecule has 11 heteroatoms. The first kappa shape index (κ1) is 21.9. The van der Waals surface area contributed by atoms with Crippen molar-refractivity contribution in [1.82, 2.24) is 5.32 Å². The van der Waals surface area contributed by atoms with E-state index < -0.39 is 33.7 Å². The van der Waals surface area contributed by atoms with Crippen LogP contribution in [0.25, 0.3) is 0 Å². The lowest BCUT2D eigenvalue weighted by Gasteiger charge is -2.29. The van der Waals surface area contributed by atoms with Crippen LogP contribution in [0.15, 0.2) is 12.1 Å². The van der Waals surface area contributed by atoms with Crippen LogP contribution in [0.3, 0.4) is 0 Å². The summed E-state index contributed by atoms with van der Waals surface area (Å²) in [6.07, 6.45) is -1.39. The maximum atomic E-state index is 14.6. The lowest BCUT2D eigenvalue weighted by Crippen LogP contribution is -2.41. The summed E-state index contributed by atoms with van der Waals surface area (Å²) in [5.41, 5.74) is -0.315. The van der Waals surface area contributed by atoms with Gasteiger partial charge in [-0.25, -0.2) is 22.0 Å².